The first-order chi connectivity index (χ1) is 9.74. The molecule has 1 aromatic heterocycles. The van der Waals surface area contributed by atoms with E-state index in [1.807, 2.05) is 18.3 Å². The molecule has 2 atom stereocenters. The summed E-state index contributed by atoms with van der Waals surface area (Å²) in [6, 6.07) is 11.1. The maximum atomic E-state index is 11.3. The Morgan fingerprint density at radius 1 is 1.10 bits per heavy atom. The second-order valence-electron chi connectivity index (χ2n) is 6.31. The molecule has 2 N–H and O–H groups in total. The molecule has 2 fully saturated rings. The number of aliphatic hydroxyl groups is 1. The van der Waals surface area contributed by atoms with E-state index in [0.717, 1.165) is 29.3 Å². The summed E-state index contributed by atoms with van der Waals surface area (Å²) in [5, 5.41) is 16.0. The van der Waals surface area contributed by atoms with Crippen molar-refractivity contribution in [2.75, 3.05) is 0 Å². The molecule has 2 unspecified atom stereocenters. The molecule has 2 aliphatic heterocycles. The molecule has 0 amide bonds. The van der Waals surface area contributed by atoms with E-state index in [2.05, 4.69) is 28.5 Å². The summed E-state index contributed by atoms with van der Waals surface area (Å²) in [5.41, 5.74) is 1.24. The van der Waals surface area contributed by atoms with Gasteiger partial charge in [-0.2, -0.15) is 0 Å². The number of piperidine rings is 2. The third-order valence-corrected chi connectivity index (χ3v) is 4.88. The van der Waals surface area contributed by atoms with Gasteiger partial charge in [0.25, 0.3) is 0 Å². The molecule has 1 aromatic carbocycles. The van der Waals surface area contributed by atoms with Gasteiger partial charge in [0.15, 0.2) is 0 Å². The smallest absolute Gasteiger partial charge is 0.0947 e. The number of pyridine rings is 1. The number of fused-ring (bicyclic) bond motifs is 3. The quantitative estimate of drug-likeness (QED) is 0.836. The fraction of sp³-hybridized carbons (Fsp3) is 0.471. The van der Waals surface area contributed by atoms with E-state index >= 15 is 0 Å². The predicted octanol–water partition coefficient (Wildman–Crippen LogP) is 2.73. The number of nitrogens with one attached hydrogen (secondary N) is 1. The van der Waals surface area contributed by atoms with Crippen LogP contribution in [0.15, 0.2) is 36.5 Å². The van der Waals surface area contributed by atoms with Gasteiger partial charge < -0.3 is 10.4 Å². The summed E-state index contributed by atoms with van der Waals surface area (Å²) < 4.78 is 0. The van der Waals surface area contributed by atoms with Crippen LogP contribution < -0.4 is 5.32 Å². The van der Waals surface area contributed by atoms with E-state index in [4.69, 9.17) is 0 Å². The second-order valence-corrected chi connectivity index (χ2v) is 6.31. The van der Waals surface area contributed by atoms with Crippen LogP contribution in [-0.4, -0.2) is 22.2 Å². The molecule has 20 heavy (non-hydrogen) atoms. The van der Waals surface area contributed by atoms with Gasteiger partial charge in [-0.25, -0.2) is 0 Å². The van der Waals surface area contributed by atoms with Crippen molar-refractivity contribution in [2.24, 2.45) is 0 Å². The number of aromatic nitrogens is 1. The monoisotopic (exact) mass is 268 g/mol. The Hall–Kier alpha value is -1.45. The van der Waals surface area contributed by atoms with Crippen LogP contribution in [0.1, 0.15) is 37.7 Å². The molecule has 2 saturated heterocycles. The average molecular weight is 268 g/mol. The van der Waals surface area contributed by atoms with Crippen LogP contribution in [0.3, 0.4) is 0 Å². The fourth-order valence-electron chi connectivity index (χ4n) is 4.03. The van der Waals surface area contributed by atoms with E-state index in [1.165, 1.54) is 19.3 Å². The van der Waals surface area contributed by atoms with Gasteiger partial charge in [-0.15, -0.1) is 0 Å². The van der Waals surface area contributed by atoms with Gasteiger partial charge >= 0.3 is 0 Å². The van der Waals surface area contributed by atoms with Crippen LogP contribution in [0.5, 0.6) is 0 Å². The Kier molecular flexibility index (Phi) is 2.79. The third-order valence-electron chi connectivity index (χ3n) is 4.88. The number of hydrogen-bond acceptors (Lipinski definition) is 3. The summed E-state index contributed by atoms with van der Waals surface area (Å²) in [7, 11) is 0. The predicted molar refractivity (Wildman–Crippen MR) is 79.4 cm³/mol. The van der Waals surface area contributed by atoms with Gasteiger partial charge in [-0.3, -0.25) is 4.98 Å². The molecular formula is C17H20N2O. The Bertz CT molecular complexity index is 622. The number of benzene rings is 1. The lowest BCUT2D eigenvalue weighted by molar-refractivity contribution is -0.0348. The molecule has 2 aromatic rings. The Balaban J connectivity index is 1.81. The number of nitrogens with zero attached hydrogens (tertiary/aromatic N) is 1. The van der Waals surface area contributed by atoms with Gasteiger partial charge in [0.1, 0.15) is 0 Å². The molecule has 4 rings (SSSR count). The first kappa shape index (κ1) is 12.3. The van der Waals surface area contributed by atoms with Crippen LogP contribution in [0.4, 0.5) is 0 Å². The van der Waals surface area contributed by atoms with Gasteiger partial charge in [0, 0.05) is 29.2 Å². The fourth-order valence-corrected chi connectivity index (χ4v) is 4.03. The minimum absolute atomic E-state index is 0.450. The Morgan fingerprint density at radius 2 is 1.85 bits per heavy atom. The highest BCUT2D eigenvalue weighted by molar-refractivity contribution is 5.82. The zero-order valence-electron chi connectivity index (χ0n) is 11.5. The summed E-state index contributed by atoms with van der Waals surface area (Å²) in [6.45, 7) is 0. The maximum absolute atomic E-state index is 11.3. The van der Waals surface area contributed by atoms with E-state index in [-0.39, 0.29) is 0 Å². The molecule has 2 bridgehead atoms. The van der Waals surface area contributed by atoms with Crippen molar-refractivity contribution < 1.29 is 5.11 Å². The lowest BCUT2D eigenvalue weighted by Gasteiger charge is -2.45. The second kappa shape index (κ2) is 4.54. The Labute approximate surface area is 119 Å². The highest BCUT2D eigenvalue weighted by atomic mass is 16.3. The molecule has 0 aliphatic carbocycles. The lowest BCUT2D eigenvalue weighted by atomic mass is 9.73. The number of hydrogen-bond donors (Lipinski definition) is 2. The van der Waals surface area contributed by atoms with Crippen molar-refractivity contribution in [1.29, 1.82) is 0 Å². The van der Waals surface area contributed by atoms with Crippen LogP contribution in [0, 0.1) is 0 Å². The molecule has 3 heterocycles. The molecule has 0 radical (unpaired) electrons. The van der Waals surface area contributed by atoms with Crippen LogP contribution in [0.25, 0.3) is 10.9 Å². The maximum Gasteiger partial charge on any atom is 0.0947 e. The molecule has 3 heteroatoms. The molecule has 104 valence electrons. The van der Waals surface area contributed by atoms with Gasteiger partial charge in [-0.05, 0) is 31.7 Å². The van der Waals surface area contributed by atoms with Crippen LogP contribution >= 0.6 is 0 Å². The van der Waals surface area contributed by atoms with Crippen molar-refractivity contribution in [2.45, 2.75) is 49.8 Å². The summed E-state index contributed by atoms with van der Waals surface area (Å²) in [6.07, 6.45) is 7.07. The summed E-state index contributed by atoms with van der Waals surface area (Å²) in [4.78, 5) is 4.52. The van der Waals surface area contributed by atoms with Crippen molar-refractivity contribution in [3.05, 3.63) is 42.1 Å². The standard InChI is InChI=1S/C17H20N2O/c20-17(10-13-6-2-7-14(11-17)19-13)15-8-1-4-12-5-3-9-18-16(12)15/h1,3-5,8-9,13-14,19-20H,2,6-7,10-11H2. The highest BCUT2D eigenvalue weighted by Gasteiger charge is 2.42. The molecule has 2 aliphatic rings. The van der Waals surface area contributed by atoms with Crippen molar-refractivity contribution in [3.8, 4) is 0 Å². The summed E-state index contributed by atoms with van der Waals surface area (Å²) in [5.74, 6) is 0. The zero-order chi connectivity index (χ0) is 13.6. The van der Waals surface area contributed by atoms with E-state index in [0.29, 0.717) is 12.1 Å². The molecule has 0 spiro atoms. The largest absolute Gasteiger partial charge is 0.385 e. The van der Waals surface area contributed by atoms with Crippen LogP contribution in [0.2, 0.25) is 0 Å². The minimum Gasteiger partial charge on any atom is -0.385 e. The van der Waals surface area contributed by atoms with Gasteiger partial charge in [0.2, 0.25) is 0 Å². The van der Waals surface area contributed by atoms with Crippen molar-refractivity contribution >= 4 is 10.9 Å². The zero-order valence-corrected chi connectivity index (χ0v) is 11.5. The van der Waals surface area contributed by atoms with E-state index in [9.17, 15) is 5.11 Å². The molecule has 0 saturated carbocycles. The van der Waals surface area contributed by atoms with Gasteiger partial charge in [0.05, 0.1) is 11.1 Å². The third kappa shape index (κ3) is 1.93. The van der Waals surface area contributed by atoms with E-state index in [1.54, 1.807) is 0 Å². The topological polar surface area (TPSA) is 45.2 Å². The number of rotatable bonds is 1. The first-order valence-corrected chi connectivity index (χ1v) is 7.57. The Morgan fingerprint density at radius 3 is 2.65 bits per heavy atom. The van der Waals surface area contributed by atoms with Crippen molar-refractivity contribution in [3.63, 3.8) is 0 Å². The normalized spacial score (nSPS) is 33.2. The molecular weight excluding hydrogens is 248 g/mol. The average Bonchev–Trinajstić information content (AvgIpc) is 2.46. The number of para-hydroxylation sites is 1. The summed E-state index contributed by atoms with van der Waals surface area (Å²) >= 11 is 0. The highest BCUT2D eigenvalue weighted by Crippen LogP contribution is 2.41. The molecule has 3 nitrogen and oxygen atoms in total. The minimum atomic E-state index is -0.727. The SMILES string of the molecule is OC1(c2cccc3cccnc23)CC2CCCC(C1)N2. The van der Waals surface area contributed by atoms with Gasteiger partial charge in [-0.1, -0.05) is 30.7 Å². The first-order valence-electron chi connectivity index (χ1n) is 7.57. The lowest BCUT2D eigenvalue weighted by Crippen LogP contribution is -2.54. The van der Waals surface area contributed by atoms with Crippen molar-refractivity contribution in [1.82, 2.24) is 10.3 Å². The van der Waals surface area contributed by atoms with E-state index < -0.39 is 5.60 Å². The van der Waals surface area contributed by atoms with Crippen LogP contribution in [-0.2, 0) is 5.60 Å².